The molecule has 0 radical (unpaired) electrons. The minimum Gasteiger partial charge on any atom is -0.389 e. The number of benzene rings is 1. The number of aliphatic hydroxyl groups is 1. The second-order valence-corrected chi connectivity index (χ2v) is 2.39. The molecule has 0 aliphatic carbocycles. The molecule has 0 bridgehead atoms. The van der Waals surface area contributed by atoms with Crippen LogP contribution in [0.1, 0.15) is 13.9 Å². The van der Waals surface area contributed by atoms with Crippen LogP contribution in [0.5, 0.6) is 0 Å². The molecule has 1 nitrogen and oxygen atoms in total. The predicted octanol–water partition coefficient (Wildman–Crippen LogP) is 2.08. The molecule has 0 saturated carbocycles. The molecule has 0 amide bonds. The molecule has 11 heavy (non-hydrogen) atoms. The lowest BCUT2D eigenvalue weighted by Gasteiger charge is -1.93. The van der Waals surface area contributed by atoms with Crippen molar-refractivity contribution in [2.45, 2.75) is 13.0 Å². The van der Waals surface area contributed by atoms with Gasteiger partial charge in [0.1, 0.15) is 0 Å². The molecule has 58 valence electrons. The first kappa shape index (κ1) is 6.62. The predicted molar refractivity (Wildman–Crippen MR) is 47.2 cm³/mol. The topological polar surface area (TPSA) is 20.2 Å². The Morgan fingerprint density at radius 1 is 1.45 bits per heavy atom. The van der Waals surface area contributed by atoms with Gasteiger partial charge in [-0.2, -0.15) is 0 Å². The van der Waals surface area contributed by atoms with E-state index in [-0.39, 0.29) is 0 Å². The van der Waals surface area contributed by atoms with Gasteiger partial charge in [-0.25, -0.2) is 0 Å². The van der Waals surface area contributed by atoms with Crippen LogP contribution in [0.3, 0.4) is 0 Å². The molecule has 0 saturated heterocycles. The van der Waals surface area contributed by atoms with Crippen LogP contribution in [0.2, 0.25) is 0 Å². The fourth-order valence-electron chi connectivity index (χ4n) is 0.781. The lowest BCUT2D eigenvalue weighted by atomic mass is 10.2. The molecule has 0 aromatic heterocycles. The van der Waals surface area contributed by atoms with Crippen LogP contribution in [0.15, 0.2) is 36.4 Å². The minimum absolute atomic E-state index is 0.991. The zero-order chi connectivity index (χ0) is 9.03. The summed E-state index contributed by atoms with van der Waals surface area (Å²) in [5, 5.41) is 9.06. The van der Waals surface area contributed by atoms with Crippen molar-refractivity contribution in [3.05, 3.63) is 42.0 Å². The molecule has 1 heteroatoms. The number of hydrogen-bond acceptors (Lipinski definition) is 1. The van der Waals surface area contributed by atoms with Gasteiger partial charge in [-0.3, -0.25) is 0 Å². The second-order valence-electron chi connectivity index (χ2n) is 2.39. The average molecular weight is 149 g/mol. The highest BCUT2D eigenvalue weighted by molar-refractivity contribution is 5.48. The highest BCUT2D eigenvalue weighted by Crippen LogP contribution is 2.01. The van der Waals surface area contributed by atoms with E-state index in [1.807, 2.05) is 30.3 Å². The summed E-state index contributed by atoms with van der Waals surface area (Å²) in [6.45, 7) is 1.42. The molecule has 1 rings (SSSR count). The van der Waals surface area contributed by atoms with Crippen molar-refractivity contribution in [3.8, 4) is 0 Å². The Labute approximate surface area is 68.4 Å². The number of rotatable bonds is 2. The van der Waals surface area contributed by atoms with Gasteiger partial charge in [-0.15, -0.1) is 0 Å². The zero-order valence-corrected chi connectivity index (χ0v) is 6.49. The van der Waals surface area contributed by atoms with E-state index in [0.717, 1.165) is 5.56 Å². The molecule has 0 fully saturated rings. The SMILES string of the molecule is [2H]C(C)(O)/C=C/c1ccccc1. The Bertz CT molecular complexity index is 259. The van der Waals surface area contributed by atoms with Gasteiger partial charge in [-0.05, 0) is 12.5 Å². The summed E-state index contributed by atoms with van der Waals surface area (Å²) < 4.78 is 7.15. The van der Waals surface area contributed by atoms with Crippen molar-refractivity contribution in [1.82, 2.24) is 0 Å². The van der Waals surface area contributed by atoms with Gasteiger partial charge in [0.25, 0.3) is 0 Å². The van der Waals surface area contributed by atoms with E-state index in [4.69, 9.17) is 6.48 Å². The van der Waals surface area contributed by atoms with Crippen molar-refractivity contribution in [3.63, 3.8) is 0 Å². The fraction of sp³-hybridized carbons (Fsp3) is 0.200. The summed E-state index contributed by atoms with van der Waals surface area (Å²) in [6, 6.07) is 9.59. The molecule has 1 atom stereocenters. The first-order valence-corrected chi connectivity index (χ1v) is 3.54. The summed E-state index contributed by atoms with van der Waals surface area (Å²) in [6.07, 6.45) is 1.70. The molecule has 0 aliphatic rings. The summed E-state index contributed by atoms with van der Waals surface area (Å²) in [5.74, 6) is 0. The van der Waals surface area contributed by atoms with Crippen molar-refractivity contribution in [2.75, 3.05) is 0 Å². The summed E-state index contributed by atoms with van der Waals surface area (Å²) in [4.78, 5) is 0. The normalized spacial score (nSPS) is 17.8. The minimum atomic E-state index is -1.48. The van der Waals surface area contributed by atoms with Gasteiger partial charge in [0.15, 0.2) is 0 Å². The fourth-order valence-corrected chi connectivity index (χ4v) is 0.781. The Morgan fingerprint density at radius 3 is 2.64 bits per heavy atom. The first-order valence-electron chi connectivity index (χ1n) is 4.04. The zero-order valence-electron chi connectivity index (χ0n) is 7.49. The van der Waals surface area contributed by atoms with Crippen LogP contribution in [0.4, 0.5) is 0 Å². The smallest absolute Gasteiger partial charge is 0.0696 e. The summed E-state index contributed by atoms with van der Waals surface area (Å²) >= 11 is 0. The van der Waals surface area contributed by atoms with Gasteiger partial charge in [0.05, 0.1) is 7.45 Å². The van der Waals surface area contributed by atoms with Crippen LogP contribution in [-0.2, 0) is 0 Å². The molecule has 1 N–H and O–H groups in total. The van der Waals surface area contributed by atoms with Crippen LogP contribution >= 0.6 is 0 Å². The highest BCUT2D eigenvalue weighted by Gasteiger charge is 1.85. The third-order valence-corrected chi connectivity index (χ3v) is 1.32. The molecule has 0 heterocycles. The maximum atomic E-state index is 9.06. The standard InChI is InChI=1S/C10H12O/c1-9(11)7-8-10-5-3-2-4-6-10/h2-9,11H,1H3/b8-7+/i9D. The van der Waals surface area contributed by atoms with Gasteiger partial charge >= 0.3 is 0 Å². The van der Waals surface area contributed by atoms with Crippen molar-refractivity contribution in [1.29, 1.82) is 0 Å². The number of hydrogen-bond donors (Lipinski definition) is 1. The van der Waals surface area contributed by atoms with Crippen LogP contribution in [0, 0.1) is 0 Å². The van der Waals surface area contributed by atoms with E-state index >= 15 is 0 Å². The van der Waals surface area contributed by atoms with Crippen molar-refractivity contribution < 1.29 is 6.48 Å². The third kappa shape index (κ3) is 3.01. The van der Waals surface area contributed by atoms with E-state index in [0.29, 0.717) is 0 Å². The Morgan fingerprint density at radius 2 is 2.09 bits per heavy atom. The Balaban J connectivity index is 2.71. The lowest BCUT2D eigenvalue weighted by Crippen LogP contribution is -1.90. The Kier molecular flexibility index (Phi) is 2.37. The quantitative estimate of drug-likeness (QED) is 0.682. The van der Waals surface area contributed by atoms with E-state index in [1.165, 1.54) is 13.0 Å². The molecule has 1 aromatic carbocycles. The first-order chi connectivity index (χ1) is 5.58. The maximum Gasteiger partial charge on any atom is 0.0696 e. The molecular formula is C10H12O. The summed E-state index contributed by atoms with van der Waals surface area (Å²) in [7, 11) is 0. The van der Waals surface area contributed by atoms with Crippen LogP contribution < -0.4 is 0 Å². The second kappa shape index (κ2) is 3.94. The third-order valence-electron chi connectivity index (χ3n) is 1.32. The Hall–Kier alpha value is -1.08. The van der Waals surface area contributed by atoms with Crippen molar-refractivity contribution >= 4 is 6.08 Å². The summed E-state index contributed by atoms with van der Waals surface area (Å²) in [5.41, 5.74) is 0.991. The highest BCUT2D eigenvalue weighted by atomic mass is 16.3. The molecule has 0 aliphatic heterocycles. The molecule has 1 unspecified atom stereocenters. The van der Waals surface area contributed by atoms with E-state index in [1.54, 1.807) is 6.08 Å². The van der Waals surface area contributed by atoms with Crippen LogP contribution in [0.25, 0.3) is 6.08 Å². The van der Waals surface area contributed by atoms with Gasteiger partial charge < -0.3 is 5.11 Å². The van der Waals surface area contributed by atoms with Crippen molar-refractivity contribution in [2.24, 2.45) is 0 Å². The largest absolute Gasteiger partial charge is 0.389 e. The van der Waals surface area contributed by atoms with E-state index in [2.05, 4.69) is 0 Å². The van der Waals surface area contributed by atoms with Gasteiger partial charge in [0, 0.05) is 0 Å². The molecule has 1 aromatic rings. The lowest BCUT2D eigenvalue weighted by molar-refractivity contribution is 0.245. The monoisotopic (exact) mass is 149 g/mol. The van der Waals surface area contributed by atoms with E-state index in [9.17, 15) is 0 Å². The van der Waals surface area contributed by atoms with Gasteiger partial charge in [-0.1, -0.05) is 42.5 Å². The molecular weight excluding hydrogens is 136 g/mol. The average Bonchev–Trinajstić information content (AvgIpc) is 2.02. The van der Waals surface area contributed by atoms with E-state index < -0.39 is 6.08 Å². The van der Waals surface area contributed by atoms with Crippen LogP contribution in [-0.4, -0.2) is 11.2 Å². The van der Waals surface area contributed by atoms with Gasteiger partial charge in [0.2, 0.25) is 0 Å². The molecule has 0 spiro atoms. The maximum absolute atomic E-state index is 9.06.